The fraction of sp³-hybridized carbons (Fsp3) is 0.294. The van der Waals surface area contributed by atoms with E-state index in [0.29, 0.717) is 5.92 Å². The fourth-order valence-corrected chi connectivity index (χ4v) is 4.16. The minimum Gasteiger partial charge on any atom is -0.496 e. The second-order valence-electron chi connectivity index (χ2n) is 5.14. The average Bonchev–Trinajstić information content (AvgIpc) is 2.92. The van der Waals surface area contributed by atoms with Crippen LogP contribution in [0.5, 0.6) is 5.75 Å². The van der Waals surface area contributed by atoms with Crippen LogP contribution in [0.4, 0.5) is 0 Å². The van der Waals surface area contributed by atoms with Gasteiger partial charge in [0.1, 0.15) is 5.75 Å². The van der Waals surface area contributed by atoms with Gasteiger partial charge in [-0.05, 0) is 29.7 Å². The molecule has 1 heterocycles. The first kappa shape index (κ1) is 13.5. The normalized spacial score (nSPS) is 18.6. The van der Waals surface area contributed by atoms with Gasteiger partial charge in [-0.1, -0.05) is 36.4 Å². The molecule has 2 unspecified atom stereocenters. The van der Waals surface area contributed by atoms with E-state index in [0.717, 1.165) is 17.9 Å². The van der Waals surface area contributed by atoms with Crippen LogP contribution >= 0.6 is 11.8 Å². The molecule has 3 rings (SSSR count). The third-order valence-corrected chi connectivity index (χ3v) is 5.11. The molecule has 1 aliphatic rings. The highest BCUT2D eigenvalue weighted by atomic mass is 32.2. The molecular weight excluding hydrogens is 266 g/mol. The van der Waals surface area contributed by atoms with Gasteiger partial charge in [-0.2, -0.15) is 0 Å². The lowest BCUT2D eigenvalue weighted by Gasteiger charge is -2.20. The van der Waals surface area contributed by atoms with Crippen LogP contribution in [0.3, 0.4) is 0 Å². The van der Waals surface area contributed by atoms with Crippen LogP contribution in [0.15, 0.2) is 53.4 Å². The van der Waals surface area contributed by atoms with Crippen molar-refractivity contribution in [1.82, 2.24) is 0 Å². The van der Waals surface area contributed by atoms with E-state index in [-0.39, 0.29) is 6.04 Å². The molecule has 2 N–H and O–H groups in total. The number of hydrogen-bond acceptors (Lipinski definition) is 3. The summed E-state index contributed by atoms with van der Waals surface area (Å²) in [5, 5.41) is 0. The molecular formula is C17H19NOS. The molecule has 0 saturated heterocycles. The van der Waals surface area contributed by atoms with Gasteiger partial charge in [0.15, 0.2) is 0 Å². The Bertz CT molecular complexity index is 599. The van der Waals surface area contributed by atoms with Crippen LogP contribution in [0, 0.1) is 0 Å². The predicted molar refractivity (Wildman–Crippen MR) is 84.6 cm³/mol. The highest BCUT2D eigenvalue weighted by molar-refractivity contribution is 7.99. The average molecular weight is 285 g/mol. The molecule has 2 aromatic rings. The summed E-state index contributed by atoms with van der Waals surface area (Å²) in [6.45, 7) is 0. The van der Waals surface area contributed by atoms with Gasteiger partial charge >= 0.3 is 0 Å². The molecule has 0 fully saturated rings. The fourth-order valence-electron chi connectivity index (χ4n) is 2.81. The second-order valence-corrected chi connectivity index (χ2v) is 6.20. The number of nitrogens with two attached hydrogens (primary N) is 1. The molecule has 0 aliphatic carbocycles. The van der Waals surface area contributed by atoms with Gasteiger partial charge in [0.05, 0.1) is 7.11 Å². The topological polar surface area (TPSA) is 35.2 Å². The smallest absolute Gasteiger partial charge is 0.122 e. The molecule has 0 spiro atoms. The van der Waals surface area contributed by atoms with Gasteiger partial charge in [-0.25, -0.2) is 0 Å². The van der Waals surface area contributed by atoms with Crippen LogP contribution in [0.2, 0.25) is 0 Å². The molecule has 3 heteroatoms. The predicted octanol–water partition coefficient (Wildman–Crippen LogP) is 3.45. The Kier molecular flexibility index (Phi) is 3.99. The Morgan fingerprint density at radius 3 is 2.80 bits per heavy atom. The molecule has 0 amide bonds. The van der Waals surface area contributed by atoms with Gasteiger partial charge < -0.3 is 10.5 Å². The highest BCUT2D eigenvalue weighted by Crippen LogP contribution is 2.41. The maximum Gasteiger partial charge on any atom is 0.122 e. The molecule has 2 atom stereocenters. The first-order valence-corrected chi connectivity index (χ1v) is 7.87. The van der Waals surface area contributed by atoms with E-state index < -0.39 is 0 Å². The maximum absolute atomic E-state index is 6.48. The zero-order valence-corrected chi connectivity index (χ0v) is 12.4. The first-order chi connectivity index (χ1) is 9.79. The number of methoxy groups -OCH3 is 1. The number of para-hydroxylation sites is 1. The van der Waals surface area contributed by atoms with Gasteiger partial charge in [-0.3, -0.25) is 0 Å². The first-order valence-electron chi connectivity index (χ1n) is 6.89. The van der Waals surface area contributed by atoms with E-state index in [1.54, 1.807) is 7.11 Å². The van der Waals surface area contributed by atoms with Crippen LogP contribution in [0.1, 0.15) is 17.0 Å². The van der Waals surface area contributed by atoms with Gasteiger partial charge in [0.2, 0.25) is 0 Å². The molecule has 0 bridgehead atoms. The van der Waals surface area contributed by atoms with Gasteiger partial charge in [0, 0.05) is 22.6 Å². The van der Waals surface area contributed by atoms with Crippen LogP contribution in [-0.4, -0.2) is 18.9 Å². The Morgan fingerprint density at radius 2 is 1.95 bits per heavy atom. The number of benzene rings is 2. The van der Waals surface area contributed by atoms with Gasteiger partial charge in [0.25, 0.3) is 0 Å². The van der Waals surface area contributed by atoms with Crippen LogP contribution < -0.4 is 10.5 Å². The summed E-state index contributed by atoms with van der Waals surface area (Å²) in [5.74, 6) is 2.44. The summed E-state index contributed by atoms with van der Waals surface area (Å²) in [6.07, 6.45) is 0.851. The summed E-state index contributed by atoms with van der Waals surface area (Å²) in [7, 11) is 1.71. The Morgan fingerprint density at radius 1 is 1.20 bits per heavy atom. The molecule has 20 heavy (non-hydrogen) atoms. The Labute approximate surface area is 124 Å². The van der Waals surface area contributed by atoms with Crippen molar-refractivity contribution in [2.75, 3.05) is 12.9 Å². The van der Waals surface area contributed by atoms with Gasteiger partial charge in [-0.15, -0.1) is 11.8 Å². The number of hydrogen-bond donors (Lipinski definition) is 1. The maximum atomic E-state index is 6.48. The summed E-state index contributed by atoms with van der Waals surface area (Å²) in [5.41, 5.74) is 9.07. The summed E-state index contributed by atoms with van der Waals surface area (Å²) in [4.78, 5) is 1.38. The van der Waals surface area contributed by atoms with Crippen molar-refractivity contribution >= 4 is 11.8 Å². The largest absolute Gasteiger partial charge is 0.496 e. The summed E-state index contributed by atoms with van der Waals surface area (Å²) >= 11 is 1.91. The molecule has 104 valence electrons. The summed E-state index contributed by atoms with van der Waals surface area (Å²) in [6, 6.07) is 16.9. The van der Waals surface area contributed by atoms with Crippen molar-refractivity contribution in [3.8, 4) is 5.75 Å². The monoisotopic (exact) mass is 285 g/mol. The van der Waals surface area contributed by atoms with E-state index in [4.69, 9.17) is 10.5 Å². The van der Waals surface area contributed by atoms with Crippen molar-refractivity contribution in [2.24, 2.45) is 5.73 Å². The number of rotatable bonds is 4. The lowest BCUT2D eigenvalue weighted by atomic mass is 9.89. The standard InChI is InChI=1S/C17H19NOS/c1-19-16-8-4-2-6-12(16)10-15(18)14-11-20-17-9-5-3-7-13(14)17/h2-9,14-15H,10-11,18H2,1H3. The van der Waals surface area contributed by atoms with Crippen molar-refractivity contribution in [2.45, 2.75) is 23.3 Å². The Hall–Kier alpha value is -1.45. The van der Waals surface area contributed by atoms with Crippen molar-refractivity contribution in [3.05, 3.63) is 59.7 Å². The minimum atomic E-state index is 0.127. The molecule has 1 aliphatic heterocycles. The van der Waals surface area contributed by atoms with E-state index >= 15 is 0 Å². The second kappa shape index (κ2) is 5.90. The number of fused-ring (bicyclic) bond motifs is 1. The molecule has 2 nitrogen and oxygen atoms in total. The quantitative estimate of drug-likeness (QED) is 0.934. The van der Waals surface area contributed by atoms with E-state index in [2.05, 4.69) is 30.3 Å². The summed E-state index contributed by atoms with van der Waals surface area (Å²) < 4.78 is 5.42. The number of ether oxygens (including phenoxy) is 1. The Balaban J connectivity index is 1.79. The van der Waals surface area contributed by atoms with E-state index in [1.807, 2.05) is 30.0 Å². The highest BCUT2D eigenvalue weighted by Gasteiger charge is 2.28. The van der Waals surface area contributed by atoms with Crippen LogP contribution in [0.25, 0.3) is 0 Å². The lowest BCUT2D eigenvalue weighted by molar-refractivity contribution is 0.406. The zero-order chi connectivity index (χ0) is 13.9. The zero-order valence-electron chi connectivity index (χ0n) is 11.6. The third kappa shape index (κ3) is 2.56. The molecule has 0 aromatic heterocycles. The number of thioether (sulfide) groups is 1. The van der Waals surface area contributed by atoms with Crippen LogP contribution in [-0.2, 0) is 6.42 Å². The van der Waals surface area contributed by atoms with Crippen molar-refractivity contribution in [3.63, 3.8) is 0 Å². The third-order valence-electron chi connectivity index (χ3n) is 3.90. The molecule has 2 aromatic carbocycles. The minimum absolute atomic E-state index is 0.127. The van der Waals surface area contributed by atoms with Crippen molar-refractivity contribution < 1.29 is 4.74 Å². The molecule has 0 radical (unpaired) electrons. The molecule has 0 saturated carbocycles. The lowest BCUT2D eigenvalue weighted by Crippen LogP contribution is -2.31. The van der Waals surface area contributed by atoms with E-state index in [1.165, 1.54) is 16.0 Å². The van der Waals surface area contributed by atoms with E-state index in [9.17, 15) is 0 Å². The SMILES string of the molecule is COc1ccccc1CC(N)C1CSc2ccccc21. The van der Waals surface area contributed by atoms with Crippen molar-refractivity contribution in [1.29, 1.82) is 0 Å².